The first-order valence-electron chi connectivity index (χ1n) is 6.68. The van der Waals surface area contributed by atoms with Crippen LogP contribution in [0.15, 0.2) is 28.7 Å². The lowest BCUT2D eigenvalue weighted by Gasteiger charge is -2.19. The molecule has 3 nitrogen and oxygen atoms in total. The summed E-state index contributed by atoms with van der Waals surface area (Å²) in [4.78, 5) is 0. The van der Waals surface area contributed by atoms with Crippen LogP contribution < -0.4 is 5.32 Å². The van der Waals surface area contributed by atoms with Crippen molar-refractivity contribution in [3.63, 3.8) is 0 Å². The van der Waals surface area contributed by atoms with E-state index in [1.807, 2.05) is 30.8 Å². The van der Waals surface area contributed by atoms with E-state index in [9.17, 15) is 0 Å². The molecule has 2 rings (SSSR count). The van der Waals surface area contributed by atoms with Gasteiger partial charge in [-0.05, 0) is 43.3 Å². The maximum atomic E-state index is 6.16. The number of nitrogens with zero attached hydrogens (tertiary/aromatic N) is 2. The van der Waals surface area contributed by atoms with E-state index in [2.05, 4.69) is 45.4 Å². The highest BCUT2D eigenvalue weighted by atomic mass is 79.9. The van der Waals surface area contributed by atoms with Crippen LogP contribution in [0.25, 0.3) is 0 Å². The van der Waals surface area contributed by atoms with Gasteiger partial charge in [0.1, 0.15) is 0 Å². The number of halogens is 2. The van der Waals surface area contributed by atoms with Crippen molar-refractivity contribution in [1.82, 2.24) is 15.1 Å². The predicted octanol–water partition coefficient (Wildman–Crippen LogP) is 4.04. The number of aryl methyl sites for hydroxylation is 2. The Morgan fingerprint density at radius 2 is 2.10 bits per heavy atom. The van der Waals surface area contributed by atoms with E-state index in [-0.39, 0.29) is 6.04 Å². The SMILES string of the molecule is CCNC(Cc1cc(C)nn1C)c1cc(Cl)cc(Br)c1. The van der Waals surface area contributed by atoms with Crippen LogP contribution in [0.4, 0.5) is 0 Å². The first-order valence-corrected chi connectivity index (χ1v) is 7.85. The summed E-state index contributed by atoms with van der Waals surface area (Å²) < 4.78 is 2.95. The van der Waals surface area contributed by atoms with Crippen LogP contribution in [-0.4, -0.2) is 16.3 Å². The minimum atomic E-state index is 0.227. The van der Waals surface area contributed by atoms with Gasteiger partial charge in [0.25, 0.3) is 0 Å². The number of hydrogen-bond donors (Lipinski definition) is 1. The van der Waals surface area contributed by atoms with E-state index in [0.29, 0.717) is 0 Å². The second kappa shape index (κ2) is 6.74. The zero-order chi connectivity index (χ0) is 14.7. The normalized spacial score (nSPS) is 12.7. The molecule has 5 heteroatoms. The van der Waals surface area contributed by atoms with Gasteiger partial charge in [-0.3, -0.25) is 4.68 Å². The molecule has 2 aromatic rings. The zero-order valence-electron chi connectivity index (χ0n) is 12.0. The summed E-state index contributed by atoms with van der Waals surface area (Å²) >= 11 is 9.66. The molecule has 0 saturated carbocycles. The molecule has 20 heavy (non-hydrogen) atoms. The second-order valence-corrected chi connectivity index (χ2v) is 6.27. The van der Waals surface area contributed by atoms with Crippen molar-refractivity contribution < 1.29 is 0 Å². The Hall–Kier alpha value is -0.840. The van der Waals surface area contributed by atoms with Gasteiger partial charge in [0, 0.05) is 34.7 Å². The molecule has 1 atom stereocenters. The average Bonchev–Trinajstić information content (AvgIpc) is 2.66. The van der Waals surface area contributed by atoms with Crippen LogP contribution in [0, 0.1) is 6.92 Å². The average molecular weight is 357 g/mol. The van der Waals surface area contributed by atoms with Gasteiger partial charge in [-0.15, -0.1) is 0 Å². The van der Waals surface area contributed by atoms with E-state index in [1.165, 1.54) is 11.3 Å². The molecule has 1 aromatic carbocycles. The third-order valence-electron chi connectivity index (χ3n) is 3.25. The van der Waals surface area contributed by atoms with Crippen LogP contribution >= 0.6 is 27.5 Å². The molecule has 0 bridgehead atoms. The molecule has 0 aliphatic carbocycles. The number of rotatable bonds is 5. The van der Waals surface area contributed by atoms with Gasteiger partial charge in [0.2, 0.25) is 0 Å². The maximum absolute atomic E-state index is 6.16. The van der Waals surface area contributed by atoms with Crippen LogP contribution in [0.3, 0.4) is 0 Å². The smallest absolute Gasteiger partial charge is 0.0596 e. The molecule has 0 aliphatic heterocycles. The molecule has 1 unspecified atom stereocenters. The van der Waals surface area contributed by atoms with Gasteiger partial charge in [-0.1, -0.05) is 34.5 Å². The standard InChI is InChI=1S/C15H19BrClN3/c1-4-18-15(9-14-5-10(2)19-20(14)3)11-6-12(16)8-13(17)7-11/h5-8,15,18H,4,9H2,1-3H3. The number of benzene rings is 1. The fraction of sp³-hybridized carbons (Fsp3) is 0.400. The van der Waals surface area contributed by atoms with E-state index >= 15 is 0 Å². The maximum Gasteiger partial charge on any atom is 0.0596 e. The fourth-order valence-electron chi connectivity index (χ4n) is 2.40. The first-order chi connectivity index (χ1) is 9.49. The van der Waals surface area contributed by atoms with Crippen LogP contribution in [-0.2, 0) is 13.5 Å². The Balaban J connectivity index is 2.28. The highest BCUT2D eigenvalue weighted by molar-refractivity contribution is 9.10. The molecular formula is C15H19BrClN3. The molecule has 0 saturated heterocycles. The molecule has 0 fully saturated rings. The summed E-state index contributed by atoms with van der Waals surface area (Å²) in [7, 11) is 1.99. The summed E-state index contributed by atoms with van der Waals surface area (Å²) in [5.74, 6) is 0. The quantitative estimate of drug-likeness (QED) is 0.876. The van der Waals surface area contributed by atoms with Gasteiger partial charge < -0.3 is 5.32 Å². The first kappa shape index (κ1) is 15.5. The summed E-state index contributed by atoms with van der Waals surface area (Å²) in [6.07, 6.45) is 0.887. The molecule has 1 aromatic heterocycles. The molecular weight excluding hydrogens is 338 g/mol. The Labute approximate surface area is 133 Å². The van der Waals surface area contributed by atoms with Crippen LogP contribution in [0.1, 0.15) is 29.9 Å². The Kier molecular flexibility index (Phi) is 5.24. The van der Waals surface area contributed by atoms with Crippen molar-refractivity contribution >= 4 is 27.5 Å². The predicted molar refractivity (Wildman–Crippen MR) is 87.2 cm³/mol. The summed E-state index contributed by atoms with van der Waals surface area (Å²) in [6.45, 7) is 5.04. The van der Waals surface area contributed by atoms with Crippen LogP contribution in [0.2, 0.25) is 5.02 Å². The number of aromatic nitrogens is 2. The Bertz CT molecular complexity index is 575. The van der Waals surface area contributed by atoms with Crippen molar-refractivity contribution in [2.75, 3.05) is 6.54 Å². The fourth-order valence-corrected chi connectivity index (χ4v) is 3.28. The number of nitrogens with one attached hydrogen (secondary N) is 1. The van der Waals surface area contributed by atoms with Crippen molar-refractivity contribution in [3.8, 4) is 0 Å². The molecule has 0 aliphatic rings. The van der Waals surface area contributed by atoms with E-state index < -0.39 is 0 Å². The second-order valence-electron chi connectivity index (χ2n) is 4.92. The van der Waals surface area contributed by atoms with Gasteiger partial charge in [-0.25, -0.2) is 0 Å². The molecule has 0 spiro atoms. The molecule has 108 valence electrons. The van der Waals surface area contributed by atoms with E-state index in [1.54, 1.807) is 0 Å². The van der Waals surface area contributed by atoms with Crippen LogP contribution in [0.5, 0.6) is 0 Å². The van der Waals surface area contributed by atoms with Gasteiger partial charge in [0.05, 0.1) is 5.69 Å². The molecule has 0 amide bonds. The highest BCUT2D eigenvalue weighted by Gasteiger charge is 2.15. The lowest BCUT2D eigenvalue weighted by atomic mass is 10.0. The lowest BCUT2D eigenvalue weighted by molar-refractivity contribution is 0.528. The van der Waals surface area contributed by atoms with Gasteiger partial charge in [-0.2, -0.15) is 5.10 Å². The van der Waals surface area contributed by atoms with Crippen molar-refractivity contribution in [1.29, 1.82) is 0 Å². The molecule has 0 radical (unpaired) electrons. The minimum absolute atomic E-state index is 0.227. The third kappa shape index (κ3) is 3.84. The van der Waals surface area contributed by atoms with Gasteiger partial charge >= 0.3 is 0 Å². The topological polar surface area (TPSA) is 29.9 Å². The number of likely N-dealkylation sites (N-methyl/N-ethyl adjacent to an activating group) is 1. The molecule has 1 N–H and O–H groups in total. The Morgan fingerprint density at radius 3 is 2.65 bits per heavy atom. The van der Waals surface area contributed by atoms with Gasteiger partial charge in [0.15, 0.2) is 0 Å². The Morgan fingerprint density at radius 1 is 1.35 bits per heavy atom. The largest absolute Gasteiger partial charge is 0.310 e. The van der Waals surface area contributed by atoms with E-state index in [4.69, 9.17) is 11.6 Å². The number of hydrogen-bond acceptors (Lipinski definition) is 2. The van der Waals surface area contributed by atoms with Crippen molar-refractivity contribution in [3.05, 3.63) is 50.7 Å². The molecule has 1 heterocycles. The van der Waals surface area contributed by atoms with Crippen molar-refractivity contribution in [2.24, 2.45) is 7.05 Å². The van der Waals surface area contributed by atoms with Crippen molar-refractivity contribution in [2.45, 2.75) is 26.3 Å². The monoisotopic (exact) mass is 355 g/mol. The summed E-state index contributed by atoms with van der Waals surface area (Å²) in [6, 6.07) is 8.39. The highest BCUT2D eigenvalue weighted by Crippen LogP contribution is 2.26. The minimum Gasteiger partial charge on any atom is -0.310 e. The lowest BCUT2D eigenvalue weighted by Crippen LogP contribution is -2.24. The third-order valence-corrected chi connectivity index (χ3v) is 3.93. The summed E-state index contributed by atoms with van der Waals surface area (Å²) in [5, 5.41) is 8.67. The zero-order valence-corrected chi connectivity index (χ0v) is 14.3. The van der Waals surface area contributed by atoms with E-state index in [0.717, 1.165) is 28.2 Å². The summed E-state index contributed by atoms with van der Waals surface area (Å²) in [5.41, 5.74) is 3.44.